The highest BCUT2D eigenvalue weighted by Gasteiger charge is 2.31. The van der Waals surface area contributed by atoms with E-state index in [1.165, 1.54) is 15.2 Å². The summed E-state index contributed by atoms with van der Waals surface area (Å²) < 4.78 is 27.9. The number of anilines is 1. The summed E-state index contributed by atoms with van der Waals surface area (Å²) >= 11 is 0. The third kappa shape index (κ3) is 2.75. The number of hydrogen-bond acceptors (Lipinski definition) is 5. The minimum atomic E-state index is -3.52. The number of nitrogen functional groups attached to an aromatic ring is 1. The molecule has 1 aliphatic heterocycles. The van der Waals surface area contributed by atoms with Crippen LogP contribution < -0.4 is 5.73 Å². The standard InChI is InChI=1S/C11H21N5O2S/c1-9(2)15-4-6-16(7-5-15)19(17,18)10-8-14(3)13-11(10)12/h8-9H,4-7H2,1-3H3,(H2,12,13). The van der Waals surface area contributed by atoms with Gasteiger partial charge in [-0.05, 0) is 13.8 Å². The maximum absolute atomic E-state index is 12.5. The van der Waals surface area contributed by atoms with Gasteiger partial charge in [-0.2, -0.15) is 9.40 Å². The number of aromatic nitrogens is 2. The van der Waals surface area contributed by atoms with Gasteiger partial charge >= 0.3 is 0 Å². The van der Waals surface area contributed by atoms with Crippen LogP contribution in [0.5, 0.6) is 0 Å². The first-order chi connectivity index (χ1) is 8.82. The fraction of sp³-hybridized carbons (Fsp3) is 0.727. The summed E-state index contributed by atoms with van der Waals surface area (Å²) in [6, 6.07) is 0.438. The summed E-state index contributed by atoms with van der Waals surface area (Å²) in [4.78, 5) is 2.37. The van der Waals surface area contributed by atoms with Gasteiger partial charge in [-0.15, -0.1) is 0 Å². The Labute approximate surface area is 114 Å². The van der Waals surface area contributed by atoms with Crippen LogP contribution in [-0.4, -0.2) is 59.6 Å². The Hall–Kier alpha value is -1.12. The first-order valence-corrected chi connectivity index (χ1v) is 7.79. The van der Waals surface area contributed by atoms with E-state index in [0.29, 0.717) is 19.1 Å². The fourth-order valence-electron chi connectivity index (χ4n) is 2.28. The van der Waals surface area contributed by atoms with Gasteiger partial charge in [0.25, 0.3) is 0 Å². The first-order valence-electron chi connectivity index (χ1n) is 6.35. The normalized spacial score (nSPS) is 19.2. The second-order valence-electron chi connectivity index (χ2n) is 5.09. The van der Waals surface area contributed by atoms with Crippen molar-refractivity contribution in [3.05, 3.63) is 6.20 Å². The van der Waals surface area contributed by atoms with E-state index in [4.69, 9.17) is 5.73 Å². The molecule has 2 heterocycles. The van der Waals surface area contributed by atoms with Crippen LogP contribution in [-0.2, 0) is 17.1 Å². The first kappa shape index (κ1) is 14.3. The van der Waals surface area contributed by atoms with Gasteiger partial charge in [0.15, 0.2) is 5.82 Å². The van der Waals surface area contributed by atoms with Crippen molar-refractivity contribution in [3.8, 4) is 0 Å². The molecule has 1 aromatic rings. The minimum absolute atomic E-state index is 0.0637. The molecule has 8 heteroatoms. The van der Waals surface area contributed by atoms with Gasteiger partial charge in [0, 0.05) is 45.5 Å². The van der Waals surface area contributed by atoms with Crippen LogP contribution in [0, 0.1) is 0 Å². The van der Waals surface area contributed by atoms with E-state index in [2.05, 4.69) is 23.8 Å². The number of piperazine rings is 1. The second kappa shape index (κ2) is 5.10. The van der Waals surface area contributed by atoms with Gasteiger partial charge in [-0.25, -0.2) is 8.42 Å². The Morgan fingerprint density at radius 1 is 1.26 bits per heavy atom. The lowest BCUT2D eigenvalue weighted by Crippen LogP contribution is -2.50. The molecule has 1 aromatic heterocycles. The van der Waals surface area contributed by atoms with Crippen molar-refractivity contribution in [1.29, 1.82) is 0 Å². The van der Waals surface area contributed by atoms with Crippen molar-refractivity contribution < 1.29 is 8.42 Å². The molecule has 108 valence electrons. The van der Waals surface area contributed by atoms with Crippen LogP contribution in [0.25, 0.3) is 0 Å². The van der Waals surface area contributed by atoms with Crippen molar-refractivity contribution >= 4 is 15.8 Å². The fourth-order valence-corrected chi connectivity index (χ4v) is 3.80. The molecular weight excluding hydrogens is 266 g/mol. The molecule has 0 atom stereocenters. The predicted octanol–water partition coefficient (Wildman–Crippen LogP) is -0.283. The third-order valence-electron chi connectivity index (χ3n) is 3.44. The summed E-state index contributed by atoms with van der Waals surface area (Å²) in [6.07, 6.45) is 1.46. The SMILES string of the molecule is CC(C)N1CCN(S(=O)(=O)c2cn(C)nc2N)CC1. The second-order valence-corrected chi connectivity index (χ2v) is 6.99. The van der Waals surface area contributed by atoms with E-state index >= 15 is 0 Å². The lowest BCUT2D eigenvalue weighted by Gasteiger charge is -2.36. The monoisotopic (exact) mass is 287 g/mol. The molecule has 0 aliphatic carbocycles. The average molecular weight is 287 g/mol. The van der Waals surface area contributed by atoms with E-state index in [0.717, 1.165) is 13.1 Å². The maximum atomic E-state index is 12.5. The van der Waals surface area contributed by atoms with Gasteiger partial charge in [0.05, 0.1) is 0 Å². The maximum Gasteiger partial charge on any atom is 0.248 e. The minimum Gasteiger partial charge on any atom is -0.381 e. The molecule has 0 spiro atoms. The molecular formula is C11H21N5O2S. The number of nitrogens with zero attached hydrogens (tertiary/aromatic N) is 4. The average Bonchev–Trinajstić information content (AvgIpc) is 2.69. The Balaban J connectivity index is 2.16. The van der Waals surface area contributed by atoms with Gasteiger partial charge in [-0.3, -0.25) is 9.58 Å². The van der Waals surface area contributed by atoms with E-state index in [1.54, 1.807) is 7.05 Å². The van der Waals surface area contributed by atoms with E-state index < -0.39 is 10.0 Å². The highest BCUT2D eigenvalue weighted by Crippen LogP contribution is 2.22. The van der Waals surface area contributed by atoms with Gasteiger partial charge in [0.2, 0.25) is 10.0 Å². The summed E-state index contributed by atoms with van der Waals surface area (Å²) in [5.74, 6) is 0.0637. The number of rotatable bonds is 3. The molecule has 0 radical (unpaired) electrons. The van der Waals surface area contributed by atoms with Crippen LogP contribution >= 0.6 is 0 Å². The summed E-state index contributed by atoms with van der Waals surface area (Å²) in [5.41, 5.74) is 5.66. The summed E-state index contributed by atoms with van der Waals surface area (Å²) in [6.45, 7) is 6.71. The zero-order valence-corrected chi connectivity index (χ0v) is 12.4. The Morgan fingerprint density at radius 2 is 1.84 bits per heavy atom. The highest BCUT2D eigenvalue weighted by molar-refractivity contribution is 7.89. The molecule has 2 N–H and O–H groups in total. The Kier molecular flexibility index (Phi) is 3.84. The van der Waals surface area contributed by atoms with E-state index in [1.807, 2.05) is 0 Å². The van der Waals surface area contributed by atoms with E-state index in [-0.39, 0.29) is 10.7 Å². The number of aryl methyl sites for hydroxylation is 1. The molecule has 0 saturated carbocycles. The van der Waals surface area contributed by atoms with Crippen LogP contribution in [0.1, 0.15) is 13.8 Å². The molecule has 0 aromatic carbocycles. The number of nitrogens with two attached hydrogens (primary N) is 1. The zero-order valence-electron chi connectivity index (χ0n) is 11.6. The molecule has 19 heavy (non-hydrogen) atoms. The predicted molar refractivity (Wildman–Crippen MR) is 73.1 cm³/mol. The number of hydrogen-bond donors (Lipinski definition) is 1. The van der Waals surface area contributed by atoms with Gasteiger partial charge in [0.1, 0.15) is 4.90 Å². The van der Waals surface area contributed by atoms with Crippen molar-refractivity contribution in [2.45, 2.75) is 24.8 Å². The smallest absolute Gasteiger partial charge is 0.248 e. The molecule has 0 unspecified atom stereocenters. The molecule has 2 rings (SSSR count). The topological polar surface area (TPSA) is 84.5 Å². The highest BCUT2D eigenvalue weighted by atomic mass is 32.2. The largest absolute Gasteiger partial charge is 0.381 e. The van der Waals surface area contributed by atoms with Crippen LogP contribution in [0.4, 0.5) is 5.82 Å². The van der Waals surface area contributed by atoms with Crippen molar-refractivity contribution in [2.24, 2.45) is 7.05 Å². The van der Waals surface area contributed by atoms with Crippen molar-refractivity contribution in [3.63, 3.8) is 0 Å². The molecule has 1 saturated heterocycles. The number of sulfonamides is 1. The molecule has 7 nitrogen and oxygen atoms in total. The Morgan fingerprint density at radius 3 is 2.26 bits per heavy atom. The summed E-state index contributed by atoms with van der Waals surface area (Å²) in [5, 5.41) is 3.89. The van der Waals surface area contributed by atoms with Gasteiger partial charge < -0.3 is 5.73 Å². The van der Waals surface area contributed by atoms with Crippen LogP contribution in [0.3, 0.4) is 0 Å². The van der Waals surface area contributed by atoms with Crippen molar-refractivity contribution in [2.75, 3.05) is 31.9 Å². The summed E-state index contributed by atoms with van der Waals surface area (Å²) in [7, 11) is -1.86. The quantitative estimate of drug-likeness (QED) is 0.826. The van der Waals surface area contributed by atoms with Crippen LogP contribution in [0.2, 0.25) is 0 Å². The lowest BCUT2D eigenvalue weighted by atomic mass is 10.3. The molecule has 1 aliphatic rings. The van der Waals surface area contributed by atoms with Crippen LogP contribution in [0.15, 0.2) is 11.1 Å². The molecule has 0 bridgehead atoms. The zero-order chi connectivity index (χ0) is 14.2. The van der Waals surface area contributed by atoms with Gasteiger partial charge in [-0.1, -0.05) is 0 Å². The Bertz CT molecular complexity index is 543. The lowest BCUT2D eigenvalue weighted by molar-refractivity contribution is 0.154. The third-order valence-corrected chi connectivity index (χ3v) is 5.36. The van der Waals surface area contributed by atoms with Crippen molar-refractivity contribution in [1.82, 2.24) is 19.0 Å². The molecule has 0 amide bonds. The van der Waals surface area contributed by atoms with E-state index in [9.17, 15) is 8.42 Å². The molecule has 1 fully saturated rings.